The molecule has 21 heavy (non-hydrogen) atoms. The van der Waals surface area contributed by atoms with Gasteiger partial charge in [0, 0.05) is 23.3 Å². The van der Waals surface area contributed by atoms with Crippen molar-refractivity contribution < 1.29 is 4.74 Å². The van der Waals surface area contributed by atoms with Crippen molar-refractivity contribution in [3.05, 3.63) is 53.1 Å². The molecule has 0 saturated heterocycles. The zero-order chi connectivity index (χ0) is 14.8. The van der Waals surface area contributed by atoms with Crippen molar-refractivity contribution in [1.82, 2.24) is 0 Å². The highest BCUT2D eigenvalue weighted by molar-refractivity contribution is 6.31. The van der Waals surface area contributed by atoms with Gasteiger partial charge in [-0.15, -0.1) is 0 Å². The fraction of sp³-hybridized carbons (Fsp3) is 0.294. The van der Waals surface area contributed by atoms with E-state index in [2.05, 4.69) is 17.0 Å². The summed E-state index contributed by atoms with van der Waals surface area (Å²) in [5, 5.41) is 0.713. The van der Waals surface area contributed by atoms with Gasteiger partial charge in [0.15, 0.2) is 0 Å². The number of rotatable bonds is 2. The molecular weight excluding hydrogens is 284 g/mol. The van der Waals surface area contributed by atoms with Crippen molar-refractivity contribution in [2.24, 2.45) is 5.73 Å². The van der Waals surface area contributed by atoms with Crippen LogP contribution in [-0.4, -0.2) is 13.2 Å². The lowest BCUT2D eigenvalue weighted by atomic mass is 10.1. The molecule has 0 aromatic heterocycles. The number of hydrogen-bond acceptors (Lipinski definition) is 3. The average molecular weight is 303 g/mol. The van der Waals surface area contributed by atoms with Crippen LogP contribution in [0, 0.1) is 0 Å². The molecule has 0 aliphatic carbocycles. The first-order chi connectivity index (χ1) is 10.2. The van der Waals surface area contributed by atoms with Gasteiger partial charge in [-0.1, -0.05) is 29.8 Å². The first kappa shape index (κ1) is 14.2. The zero-order valence-electron chi connectivity index (χ0n) is 12.1. The maximum atomic E-state index is 6.37. The van der Waals surface area contributed by atoms with Crippen LogP contribution in [0.25, 0.3) is 0 Å². The van der Waals surface area contributed by atoms with Gasteiger partial charge in [-0.3, -0.25) is 0 Å². The summed E-state index contributed by atoms with van der Waals surface area (Å²) in [6.45, 7) is 3.58. The van der Waals surface area contributed by atoms with Gasteiger partial charge in [-0.25, -0.2) is 0 Å². The summed E-state index contributed by atoms with van der Waals surface area (Å²) in [5.41, 5.74) is 9.05. The summed E-state index contributed by atoms with van der Waals surface area (Å²) in [6, 6.07) is 14.1. The third-order valence-electron chi connectivity index (χ3n) is 3.73. The van der Waals surface area contributed by atoms with E-state index in [1.54, 1.807) is 0 Å². The van der Waals surface area contributed by atoms with Crippen LogP contribution in [0.4, 0.5) is 11.4 Å². The second kappa shape index (κ2) is 5.96. The maximum Gasteiger partial charge on any atom is 0.142 e. The van der Waals surface area contributed by atoms with Gasteiger partial charge >= 0.3 is 0 Å². The smallest absolute Gasteiger partial charge is 0.142 e. The van der Waals surface area contributed by atoms with Gasteiger partial charge < -0.3 is 15.4 Å². The van der Waals surface area contributed by atoms with E-state index in [1.165, 1.54) is 0 Å². The minimum Gasteiger partial charge on any atom is -0.491 e. The first-order valence-corrected chi connectivity index (χ1v) is 7.59. The summed E-state index contributed by atoms with van der Waals surface area (Å²) in [6.07, 6.45) is 0.974. The first-order valence-electron chi connectivity index (χ1n) is 7.21. The van der Waals surface area contributed by atoms with E-state index in [1.807, 2.05) is 37.3 Å². The number of halogens is 1. The molecule has 110 valence electrons. The molecule has 0 amide bonds. The number of nitrogens with zero attached hydrogens (tertiary/aromatic N) is 1. The molecule has 3 nitrogen and oxygen atoms in total. The Bertz CT molecular complexity index is 642. The molecule has 2 aromatic carbocycles. The van der Waals surface area contributed by atoms with Crippen LogP contribution in [0.15, 0.2) is 42.5 Å². The van der Waals surface area contributed by atoms with Gasteiger partial charge in [-0.05, 0) is 43.2 Å². The number of para-hydroxylation sites is 2. The fourth-order valence-electron chi connectivity index (χ4n) is 2.65. The quantitative estimate of drug-likeness (QED) is 0.900. The molecule has 2 aromatic rings. The third kappa shape index (κ3) is 2.85. The highest BCUT2D eigenvalue weighted by Gasteiger charge is 2.18. The van der Waals surface area contributed by atoms with E-state index in [0.717, 1.165) is 42.3 Å². The standard InChI is InChI=1S/C17H19ClN2O/c1-12(19)14-8-7-13(11-15(14)18)20-9-4-10-21-17-6-3-2-5-16(17)20/h2-3,5-8,11-12H,4,9-10,19H2,1H3. The van der Waals surface area contributed by atoms with Crippen LogP contribution in [-0.2, 0) is 0 Å². The van der Waals surface area contributed by atoms with Crippen molar-refractivity contribution in [3.63, 3.8) is 0 Å². The fourth-order valence-corrected chi connectivity index (χ4v) is 3.00. The zero-order valence-corrected chi connectivity index (χ0v) is 12.8. The molecule has 1 unspecified atom stereocenters. The molecule has 0 bridgehead atoms. The Morgan fingerprint density at radius 1 is 1.24 bits per heavy atom. The molecule has 0 saturated carbocycles. The van der Waals surface area contributed by atoms with Crippen LogP contribution in [0.5, 0.6) is 5.75 Å². The van der Waals surface area contributed by atoms with Gasteiger partial charge in [-0.2, -0.15) is 0 Å². The molecule has 0 spiro atoms. The third-order valence-corrected chi connectivity index (χ3v) is 4.05. The predicted molar refractivity (Wildman–Crippen MR) is 87.6 cm³/mol. The number of nitrogens with two attached hydrogens (primary N) is 1. The van der Waals surface area contributed by atoms with Gasteiger partial charge in [0.2, 0.25) is 0 Å². The monoisotopic (exact) mass is 302 g/mol. The molecule has 1 atom stereocenters. The van der Waals surface area contributed by atoms with Crippen molar-refractivity contribution in [3.8, 4) is 5.75 Å². The molecular formula is C17H19ClN2O. The van der Waals surface area contributed by atoms with Crippen molar-refractivity contribution in [2.75, 3.05) is 18.1 Å². The van der Waals surface area contributed by atoms with Crippen LogP contribution in [0.3, 0.4) is 0 Å². The SMILES string of the molecule is CC(N)c1ccc(N2CCCOc3ccccc32)cc1Cl. The Hall–Kier alpha value is -1.71. The van der Waals surface area contributed by atoms with E-state index < -0.39 is 0 Å². The molecule has 1 aliphatic heterocycles. The number of ether oxygens (including phenoxy) is 1. The summed E-state index contributed by atoms with van der Waals surface area (Å²) >= 11 is 6.37. The van der Waals surface area contributed by atoms with Crippen molar-refractivity contribution in [1.29, 1.82) is 0 Å². The number of hydrogen-bond donors (Lipinski definition) is 1. The minimum atomic E-state index is -0.0636. The van der Waals surface area contributed by atoms with Crippen LogP contribution < -0.4 is 15.4 Å². The van der Waals surface area contributed by atoms with Crippen LogP contribution in [0.1, 0.15) is 24.9 Å². The molecule has 3 rings (SSSR count). The number of fused-ring (bicyclic) bond motifs is 1. The Kier molecular flexibility index (Phi) is 4.04. The molecule has 1 aliphatic rings. The Morgan fingerprint density at radius 3 is 2.81 bits per heavy atom. The largest absolute Gasteiger partial charge is 0.491 e. The lowest BCUT2D eigenvalue weighted by Crippen LogP contribution is -2.18. The highest BCUT2D eigenvalue weighted by Crippen LogP contribution is 2.37. The van der Waals surface area contributed by atoms with Crippen LogP contribution >= 0.6 is 11.6 Å². The molecule has 4 heteroatoms. The second-order valence-corrected chi connectivity index (χ2v) is 5.72. The van der Waals surface area contributed by atoms with Crippen molar-refractivity contribution >= 4 is 23.0 Å². The van der Waals surface area contributed by atoms with E-state index in [4.69, 9.17) is 22.1 Å². The molecule has 2 N–H and O–H groups in total. The minimum absolute atomic E-state index is 0.0636. The number of anilines is 2. The highest BCUT2D eigenvalue weighted by atomic mass is 35.5. The van der Waals surface area contributed by atoms with E-state index in [-0.39, 0.29) is 6.04 Å². The maximum absolute atomic E-state index is 6.37. The van der Waals surface area contributed by atoms with Gasteiger partial charge in [0.25, 0.3) is 0 Å². The topological polar surface area (TPSA) is 38.5 Å². The Morgan fingerprint density at radius 2 is 2.05 bits per heavy atom. The lowest BCUT2D eigenvalue weighted by Gasteiger charge is -2.24. The van der Waals surface area contributed by atoms with E-state index in [0.29, 0.717) is 5.02 Å². The molecule has 0 fully saturated rings. The van der Waals surface area contributed by atoms with E-state index in [9.17, 15) is 0 Å². The second-order valence-electron chi connectivity index (χ2n) is 5.32. The predicted octanol–water partition coefficient (Wildman–Crippen LogP) is 4.28. The number of benzene rings is 2. The van der Waals surface area contributed by atoms with Gasteiger partial charge in [0.1, 0.15) is 5.75 Å². The Labute approximate surface area is 130 Å². The average Bonchev–Trinajstić information content (AvgIpc) is 2.69. The summed E-state index contributed by atoms with van der Waals surface area (Å²) in [7, 11) is 0. The van der Waals surface area contributed by atoms with Crippen LogP contribution in [0.2, 0.25) is 5.02 Å². The van der Waals surface area contributed by atoms with E-state index >= 15 is 0 Å². The van der Waals surface area contributed by atoms with Crippen molar-refractivity contribution in [2.45, 2.75) is 19.4 Å². The Balaban J connectivity index is 2.02. The normalized spacial score (nSPS) is 15.9. The molecule has 1 heterocycles. The summed E-state index contributed by atoms with van der Waals surface area (Å²) < 4.78 is 5.80. The summed E-state index contributed by atoms with van der Waals surface area (Å²) in [5.74, 6) is 0.919. The lowest BCUT2D eigenvalue weighted by molar-refractivity contribution is 0.322. The summed E-state index contributed by atoms with van der Waals surface area (Å²) in [4.78, 5) is 2.25. The van der Waals surface area contributed by atoms with Gasteiger partial charge in [0.05, 0.1) is 12.3 Å². The molecule has 0 radical (unpaired) electrons.